The van der Waals surface area contributed by atoms with Crippen molar-refractivity contribution in [3.05, 3.63) is 22.2 Å². The highest BCUT2D eigenvalue weighted by Crippen LogP contribution is 2.22. The third-order valence-electron chi connectivity index (χ3n) is 2.50. The second-order valence-corrected chi connectivity index (χ2v) is 3.84. The van der Waals surface area contributed by atoms with Gasteiger partial charge in [-0.2, -0.15) is 0 Å². The molecule has 1 aromatic rings. The third kappa shape index (κ3) is 3.85. The number of anilines is 2. The molecule has 0 aliphatic heterocycles. The Balaban J connectivity index is 2.86. The van der Waals surface area contributed by atoms with Crippen LogP contribution in [0.25, 0.3) is 0 Å². The Labute approximate surface area is 106 Å². The van der Waals surface area contributed by atoms with Gasteiger partial charge in [0.05, 0.1) is 17.1 Å². The highest BCUT2D eigenvalue weighted by Gasteiger charge is 2.13. The summed E-state index contributed by atoms with van der Waals surface area (Å²) < 4.78 is 4.97. The lowest BCUT2D eigenvalue weighted by Gasteiger charge is -2.18. The number of aromatic nitrogens is 1. The Morgan fingerprint density at radius 1 is 1.56 bits per heavy atom. The molecule has 0 bridgehead atoms. The van der Waals surface area contributed by atoms with Crippen LogP contribution >= 0.6 is 0 Å². The quantitative estimate of drug-likeness (QED) is 0.451. The van der Waals surface area contributed by atoms with E-state index in [1.165, 1.54) is 12.1 Å². The van der Waals surface area contributed by atoms with Crippen molar-refractivity contribution in [3.8, 4) is 0 Å². The van der Waals surface area contributed by atoms with Gasteiger partial charge in [-0.25, -0.2) is 4.98 Å². The van der Waals surface area contributed by atoms with Gasteiger partial charge in [0.1, 0.15) is 11.6 Å². The minimum Gasteiger partial charge on any atom is -0.385 e. The maximum atomic E-state index is 10.8. The maximum absolute atomic E-state index is 10.8. The van der Waals surface area contributed by atoms with Gasteiger partial charge in [0.15, 0.2) is 0 Å². The lowest BCUT2D eigenvalue weighted by molar-refractivity contribution is -0.384. The van der Waals surface area contributed by atoms with Crippen LogP contribution in [0, 0.1) is 10.1 Å². The molecule has 7 heteroatoms. The van der Waals surface area contributed by atoms with E-state index in [0.717, 1.165) is 13.0 Å². The highest BCUT2D eigenvalue weighted by molar-refractivity contribution is 5.55. The van der Waals surface area contributed by atoms with Gasteiger partial charge in [-0.05, 0) is 6.42 Å². The van der Waals surface area contributed by atoms with Crippen molar-refractivity contribution in [3.63, 3.8) is 0 Å². The summed E-state index contributed by atoms with van der Waals surface area (Å²) in [6.07, 6.45) is 0.840. The Kier molecular flexibility index (Phi) is 5.31. The molecule has 0 saturated heterocycles. The highest BCUT2D eigenvalue weighted by atomic mass is 16.6. The molecule has 1 rings (SSSR count). The van der Waals surface area contributed by atoms with Crippen LogP contribution in [0.1, 0.15) is 6.42 Å². The van der Waals surface area contributed by atoms with Crippen LogP contribution in [0.15, 0.2) is 12.1 Å². The number of ether oxygens (including phenoxy) is 1. The van der Waals surface area contributed by atoms with Gasteiger partial charge in [0.25, 0.3) is 5.69 Å². The molecule has 0 aromatic carbocycles. The monoisotopic (exact) mass is 254 g/mol. The predicted molar refractivity (Wildman–Crippen MR) is 70.2 cm³/mol. The van der Waals surface area contributed by atoms with Gasteiger partial charge in [0, 0.05) is 34.4 Å². The minimum atomic E-state index is -0.422. The normalized spacial score (nSPS) is 10.2. The van der Waals surface area contributed by atoms with Crippen molar-refractivity contribution in [2.75, 3.05) is 44.6 Å². The van der Waals surface area contributed by atoms with Crippen molar-refractivity contribution in [2.24, 2.45) is 0 Å². The fourth-order valence-electron chi connectivity index (χ4n) is 1.49. The van der Waals surface area contributed by atoms with Crippen LogP contribution in [-0.4, -0.2) is 44.3 Å². The zero-order valence-corrected chi connectivity index (χ0v) is 10.8. The summed E-state index contributed by atoms with van der Waals surface area (Å²) in [5.74, 6) is 1.06. The smallest absolute Gasteiger partial charge is 0.276 e. The van der Waals surface area contributed by atoms with E-state index >= 15 is 0 Å². The third-order valence-corrected chi connectivity index (χ3v) is 2.50. The van der Waals surface area contributed by atoms with E-state index in [1.807, 2.05) is 11.9 Å². The molecule has 0 radical (unpaired) electrons. The van der Waals surface area contributed by atoms with E-state index in [4.69, 9.17) is 4.74 Å². The molecule has 0 aliphatic rings. The molecule has 0 spiro atoms. The van der Waals surface area contributed by atoms with Crippen LogP contribution in [0.3, 0.4) is 0 Å². The number of pyridine rings is 1. The van der Waals surface area contributed by atoms with Crippen molar-refractivity contribution in [1.82, 2.24) is 4.98 Å². The van der Waals surface area contributed by atoms with Gasteiger partial charge in [0.2, 0.25) is 0 Å². The van der Waals surface area contributed by atoms with E-state index in [1.54, 1.807) is 14.2 Å². The number of rotatable bonds is 7. The summed E-state index contributed by atoms with van der Waals surface area (Å²) in [6.45, 7) is 1.38. The van der Waals surface area contributed by atoms with Crippen LogP contribution in [0.2, 0.25) is 0 Å². The van der Waals surface area contributed by atoms with Crippen molar-refractivity contribution < 1.29 is 9.66 Å². The second-order valence-electron chi connectivity index (χ2n) is 3.84. The Hall–Kier alpha value is -1.89. The largest absolute Gasteiger partial charge is 0.385 e. The fourth-order valence-corrected chi connectivity index (χ4v) is 1.49. The van der Waals surface area contributed by atoms with Crippen molar-refractivity contribution in [2.45, 2.75) is 6.42 Å². The molecule has 7 nitrogen and oxygen atoms in total. The van der Waals surface area contributed by atoms with Crippen LogP contribution < -0.4 is 10.2 Å². The zero-order valence-electron chi connectivity index (χ0n) is 10.8. The Morgan fingerprint density at radius 2 is 2.28 bits per heavy atom. The lowest BCUT2D eigenvalue weighted by Crippen LogP contribution is -2.21. The van der Waals surface area contributed by atoms with Gasteiger partial charge in [-0.1, -0.05) is 0 Å². The molecule has 1 heterocycles. The molecule has 0 unspecified atom stereocenters. The zero-order chi connectivity index (χ0) is 13.5. The van der Waals surface area contributed by atoms with Crippen LogP contribution in [-0.2, 0) is 4.74 Å². The molecule has 0 aliphatic carbocycles. The SMILES string of the molecule is CNc1cc([N+](=O)[O-])cc(N(C)CCCOC)n1. The summed E-state index contributed by atoms with van der Waals surface area (Å²) in [6, 6.07) is 2.88. The van der Waals surface area contributed by atoms with Gasteiger partial charge in [-0.3, -0.25) is 10.1 Å². The molecular weight excluding hydrogens is 236 g/mol. The first-order chi connectivity index (χ1) is 8.58. The van der Waals surface area contributed by atoms with E-state index < -0.39 is 4.92 Å². The molecule has 0 amide bonds. The average Bonchev–Trinajstić information content (AvgIpc) is 2.38. The first-order valence-corrected chi connectivity index (χ1v) is 5.62. The number of nitrogens with one attached hydrogen (secondary N) is 1. The molecule has 1 N–H and O–H groups in total. The number of methoxy groups -OCH3 is 1. The Morgan fingerprint density at radius 3 is 2.83 bits per heavy atom. The van der Waals surface area contributed by atoms with Gasteiger partial charge in [-0.15, -0.1) is 0 Å². The first kappa shape index (κ1) is 14.2. The molecule has 100 valence electrons. The van der Waals surface area contributed by atoms with Crippen molar-refractivity contribution >= 4 is 17.3 Å². The lowest BCUT2D eigenvalue weighted by atomic mass is 10.3. The number of nitrogens with zero attached hydrogens (tertiary/aromatic N) is 3. The van der Waals surface area contributed by atoms with E-state index in [-0.39, 0.29) is 5.69 Å². The molecule has 0 saturated carbocycles. The summed E-state index contributed by atoms with van der Waals surface area (Å²) in [7, 11) is 5.17. The van der Waals surface area contributed by atoms with Gasteiger partial charge < -0.3 is 15.0 Å². The molecule has 0 atom stereocenters. The second kappa shape index (κ2) is 6.75. The average molecular weight is 254 g/mol. The maximum Gasteiger partial charge on any atom is 0.276 e. The van der Waals surface area contributed by atoms with E-state index in [0.29, 0.717) is 18.2 Å². The topological polar surface area (TPSA) is 80.5 Å². The summed E-state index contributed by atoms with van der Waals surface area (Å²) in [5.41, 5.74) is 0.0305. The number of nitro groups is 1. The molecule has 18 heavy (non-hydrogen) atoms. The van der Waals surface area contributed by atoms with Crippen LogP contribution in [0.4, 0.5) is 17.3 Å². The minimum absolute atomic E-state index is 0.0305. The first-order valence-electron chi connectivity index (χ1n) is 5.62. The summed E-state index contributed by atoms with van der Waals surface area (Å²) in [4.78, 5) is 16.5. The van der Waals surface area contributed by atoms with E-state index in [9.17, 15) is 10.1 Å². The predicted octanol–water partition coefficient (Wildman–Crippen LogP) is 1.50. The fraction of sp³-hybridized carbons (Fsp3) is 0.545. The van der Waals surface area contributed by atoms with E-state index in [2.05, 4.69) is 10.3 Å². The number of hydrogen-bond acceptors (Lipinski definition) is 6. The number of hydrogen-bond donors (Lipinski definition) is 1. The standard InChI is InChI=1S/C11H18N4O3/c1-12-10-7-9(15(16)17)8-11(13-10)14(2)5-4-6-18-3/h7-8H,4-6H2,1-3H3,(H,12,13). The van der Waals surface area contributed by atoms with Crippen LogP contribution in [0.5, 0.6) is 0 Å². The molecule has 1 aromatic heterocycles. The summed E-state index contributed by atoms with van der Waals surface area (Å²) in [5, 5.41) is 13.6. The summed E-state index contributed by atoms with van der Waals surface area (Å²) >= 11 is 0. The Bertz CT molecular complexity index is 411. The van der Waals surface area contributed by atoms with Gasteiger partial charge >= 0.3 is 0 Å². The van der Waals surface area contributed by atoms with Crippen molar-refractivity contribution in [1.29, 1.82) is 0 Å². The molecule has 0 fully saturated rings. The molecular formula is C11H18N4O3.